The van der Waals surface area contributed by atoms with Gasteiger partial charge in [0.05, 0.1) is 23.8 Å². The van der Waals surface area contributed by atoms with E-state index in [1.165, 1.54) is 16.6 Å². The standard InChI is InChI=1S/C24H24N2O5S/c1-15(2)31-18-11-9-16(10-12-18)19-13-20(27)26(17-7-5-4-6-8-17)23-22(19)32-24(29)25(23)14-21(28)30-3/h4-12,15,19H,13-14H2,1-3H3/t19-/m1/s1. The Morgan fingerprint density at radius 2 is 1.78 bits per heavy atom. The second-order valence-electron chi connectivity index (χ2n) is 7.78. The molecule has 2 heterocycles. The van der Waals surface area contributed by atoms with Gasteiger partial charge < -0.3 is 9.47 Å². The van der Waals surface area contributed by atoms with Crippen molar-refractivity contribution in [2.24, 2.45) is 0 Å². The fourth-order valence-electron chi connectivity index (χ4n) is 3.85. The summed E-state index contributed by atoms with van der Waals surface area (Å²) < 4.78 is 11.8. The molecule has 1 amide bonds. The Labute approximate surface area is 189 Å². The Kier molecular flexibility index (Phi) is 6.14. The molecule has 0 fully saturated rings. The van der Waals surface area contributed by atoms with E-state index in [0.717, 1.165) is 27.5 Å². The van der Waals surface area contributed by atoms with Gasteiger partial charge in [-0.15, -0.1) is 0 Å². The molecule has 1 aromatic heterocycles. The number of fused-ring (bicyclic) bond motifs is 1. The summed E-state index contributed by atoms with van der Waals surface area (Å²) in [6.07, 6.45) is 0.269. The van der Waals surface area contributed by atoms with E-state index >= 15 is 0 Å². The summed E-state index contributed by atoms with van der Waals surface area (Å²) in [6.45, 7) is 3.66. The fourth-order valence-corrected chi connectivity index (χ4v) is 4.95. The van der Waals surface area contributed by atoms with Crippen molar-refractivity contribution in [1.82, 2.24) is 4.57 Å². The average Bonchev–Trinajstić information content (AvgIpc) is 3.09. The Morgan fingerprint density at radius 1 is 1.09 bits per heavy atom. The van der Waals surface area contributed by atoms with Crippen LogP contribution in [0.1, 0.15) is 36.6 Å². The number of carbonyl (C=O) groups is 2. The van der Waals surface area contributed by atoms with E-state index in [1.54, 1.807) is 0 Å². The molecule has 0 saturated heterocycles. The zero-order valence-electron chi connectivity index (χ0n) is 18.1. The fraction of sp³-hybridized carbons (Fsp3) is 0.292. The predicted octanol–water partition coefficient (Wildman–Crippen LogP) is 4.07. The number of amides is 1. The molecule has 3 aromatic rings. The van der Waals surface area contributed by atoms with Crippen LogP contribution >= 0.6 is 11.3 Å². The number of ether oxygens (including phenoxy) is 2. The van der Waals surface area contributed by atoms with Gasteiger partial charge in [0.1, 0.15) is 18.1 Å². The van der Waals surface area contributed by atoms with Crippen LogP contribution < -0.4 is 14.5 Å². The smallest absolute Gasteiger partial charge is 0.325 e. The Balaban J connectivity index is 1.83. The van der Waals surface area contributed by atoms with E-state index < -0.39 is 5.97 Å². The maximum atomic E-state index is 13.3. The van der Waals surface area contributed by atoms with Crippen LogP contribution in [0.25, 0.3) is 0 Å². The van der Waals surface area contributed by atoms with Crippen LogP contribution in [-0.4, -0.2) is 29.7 Å². The molecule has 1 aliphatic heterocycles. The van der Waals surface area contributed by atoms with Gasteiger partial charge in [-0.05, 0) is 43.7 Å². The summed E-state index contributed by atoms with van der Waals surface area (Å²) in [5, 5.41) is 0. The van der Waals surface area contributed by atoms with Crippen molar-refractivity contribution < 1.29 is 19.1 Å². The topological polar surface area (TPSA) is 77.8 Å². The lowest BCUT2D eigenvalue weighted by molar-refractivity contribution is -0.141. The number of carbonyl (C=O) groups excluding carboxylic acids is 2. The molecule has 0 spiro atoms. The first-order valence-corrected chi connectivity index (χ1v) is 11.2. The zero-order valence-corrected chi connectivity index (χ0v) is 18.9. The zero-order chi connectivity index (χ0) is 22.8. The molecular weight excluding hydrogens is 428 g/mol. The molecule has 7 nitrogen and oxygen atoms in total. The molecular formula is C24H24N2O5S. The maximum absolute atomic E-state index is 13.3. The molecule has 0 aliphatic carbocycles. The Morgan fingerprint density at radius 3 is 2.41 bits per heavy atom. The number of nitrogens with zero attached hydrogens (tertiary/aromatic N) is 2. The number of hydrogen-bond acceptors (Lipinski definition) is 6. The summed E-state index contributed by atoms with van der Waals surface area (Å²) in [6, 6.07) is 16.7. The van der Waals surface area contributed by atoms with Gasteiger partial charge in [0.15, 0.2) is 0 Å². The highest BCUT2D eigenvalue weighted by Crippen LogP contribution is 2.45. The van der Waals surface area contributed by atoms with Crippen molar-refractivity contribution in [1.29, 1.82) is 0 Å². The average molecular weight is 453 g/mol. The molecule has 1 aliphatic rings. The maximum Gasteiger partial charge on any atom is 0.325 e. The highest BCUT2D eigenvalue weighted by Gasteiger charge is 2.38. The number of thiazole rings is 1. The first kappa shape index (κ1) is 21.8. The number of hydrogen-bond donors (Lipinski definition) is 0. The van der Waals surface area contributed by atoms with Gasteiger partial charge in [0.25, 0.3) is 0 Å². The van der Waals surface area contributed by atoms with Gasteiger partial charge in [-0.3, -0.25) is 23.9 Å². The van der Waals surface area contributed by atoms with Crippen LogP contribution in [0.4, 0.5) is 11.5 Å². The van der Waals surface area contributed by atoms with Crippen LogP contribution in [-0.2, 0) is 20.9 Å². The monoisotopic (exact) mass is 452 g/mol. The second kappa shape index (κ2) is 9.00. The molecule has 0 saturated carbocycles. The first-order valence-electron chi connectivity index (χ1n) is 10.3. The molecule has 4 rings (SSSR count). The first-order chi connectivity index (χ1) is 15.4. The molecule has 8 heteroatoms. The molecule has 166 valence electrons. The SMILES string of the molecule is COC(=O)Cn1c2c(sc1=O)[C@@H](c1ccc(OC(C)C)cc1)CC(=O)N2c1ccccc1. The molecule has 0 radical (unpaired) electrons. The second-order valence-corrected chi connectivity index (χ2v) is 8.77. The van der Waals surface area contributed by atoms with Gasteiger partial charge in [0, 0.05) is 12.3 Å². The van der Waals surface area contributed by atoms with Crippen molar-refractivity contribution >= 4 is 34.7 Å². The molecule has 1 atom stereocenters. The van der Waals surface area contributed by atoms with Crippen molar-refractivity contribution in [2.75, 3.05) is 12.0 Å². The summed E-state index contributed by atoms with van der Waals surface area (Å²) in [7, 11) is 1.27. The summed E-state index contributed by atoms with van der Waals surface area (Å²) in [4.78, 5) is 40.3. The van der Waals surface area contributed by atoms with E-state index in [0.29, 0.717) is 11.5 Å². The third-order valence-electron chi connectivity index (χ3n) is 5.23. The highest BCUT2D eigenvalue weighted by atomic mass is 32.1. The molecule has 0 unspecified atom stereocenters. The molecule has 32 heavy (non-hydrogen) atoms. The van der Waals surface area contributed by atoms with Crippen molar-refractivity contribution in [3.8, 4) is 5.75 Å². The normalized spacial score (nSPS) is 15.6. The lowest BCUT2D eigenvalue weighted by atomic mass is 9.90. The van der Waals surface area contributed by atoms with Crippen LogP contribution in [0.5, 0.6) is 5.75 Å². The number of benzene rings is 2. The highest BCUT2D eigenvalue weighted by molar-refractivity contribution is 7.10. The van der Waals surface area contributed by atoms with Crippen LogP contribution in [0, 0.1) is 0 Å². The summed E-state index contributed by atoms with van der Waals surface area (Å²) in [5.74, 6) is 0.189. The number of rotatable bonds is 6. The van der Waals surface area contributed by atoms with Crippen LogP contribution in [0.3, 0.4) is 0 Å². The lowest BCUT2D eigenvalue weighted by Gasteiger charge is -2.32. The van der Waals surface area contributed by atoms with E-state index in [2.05, 4.69) is 0 Å². The summed E-state index contributed by atoms with van der Waals surface area (Å²) in [5.41, 5.74) is 1.56. The number of para-hydroxylation sites is 1. The number of aromatic nitrogens is 1. The largest absolute Gasteiger partial charge is 0.491 e. The molecule has 0 N–H and O–H groups in total. The predicted molar refractivity (Wildman–Crippen MR) is 123 cm³/mol. The number of methoxy groups -OCH3 is 1. The minimum Gasteiger partial charge on any atom is -0.491 e. The minimum atomic E-state index is -0.550. The van der Waals surface area contributed by atoms with E-state index in [-0.39, 0.29) is 35.8 Å². The summed E-state index contributed by atoms with van der Waals surface area (Å²) >= 11 is 1.06. The van der Waals surface area contributed by atoms with Gasteiger partial charge in [-0.2, -0.15) is 0 Å². The third-order valence-corrected chi connectivity index (χ3v) is 6.32. The quantitative estimate of drug-likeness (QED) is 0.527. The molecule has 0 bridgehead atoms. The Hall–Kier alpha value is -3.39. The van der Waals surface area contributed by atoms with Gasteiger partial charge >= 0.3 is 10.8 Å². The number of esters is 1. The van der Waals surface area contributed by atoms with Crippen molar-refractivity contribution in [2.45, 2.75) is 38.8 Å². The van der Waals surface area contributed by atoms with Gasteiger partial charge in [0.2, 0.25) is 5.91 Å². The van der Waals surface area contributed by atoms with Gasteiger partial charge in [-0.1, -0.05) is 41.7 Å². The van der Waals surface area contributed by atoms with E-state index in [9.17, 15) is 14.4 Å². The third kappa shape index (κ3) is 4.18. The number of anilines is 2. The van der Waals surface area contributed by atoms with Gasteiger partial charge in [-0.25, -0.2) is 0 Å². The van der Waals surface area contributed by atoms with E-state index in [4.69, 9.17) is 9.47 Å². The van der Waals surface area contributed by atoms with Crippen molar-refractivity contribution in [3.05, 3.63) is 74.7 Å². The minimum absolute atomic E-state index is 0.0562. The Bertz CT molecular complexity index is 1180. The van der Waals surface area contributed by atoms with Crippen LogP contribution in [0.2, 0.25) is 0 Å². The van der Waals surface area contributed by atoms with E-state index in [1.807, 2.05) is 68.4 Å². The van der Waals surface area contributed by atoms with Crippen LogP contribution in [0.15, 0.2) is 59.4 Å². The lowest BCUT2D eigenvalue weighted by Crippen LogP contribution is -2.36. The van der Waals surface area contributed by atoms with Crippen molar-refractivity contribution in [3.63, 3.8) is 0 Å². The molecule has 2 aromatic carbocycles.